The molecule has 1 aromatic rings. The molecule has 13 heteroatoms. The van der Waals surface area contributed by atoms with Crippen LogP contribution in [0.15, 0.2) is 17.1 Å². The summed E-state index contributed by atoms with van der Waals surface area (Å²) in [5.41, 5.74) is 2.39. The number of nitrogens with two attached hydrogens (primary N) is 1. The van der Waals surface area contributed by atoms with Gasteiger partial charge in [0.2, 0.25) is 12.6 Å². The number of phosphoric acid groups is 1. The standard InChI is InChI=1S/C17H25FN3O8P/c1-5-16-8-27-30(24,28-10-25-13(22)15(2,3)4)29-12(16)17(18,9-26-16)21-7-6-11(19)20-14(21)23/h6-7,12H,5,8-10H2,1-4H3,(H2,19,20,23)/t12-,16-,17+,30?/m1/s1. The second kappa shape index (κ2) is 7.69. The van der Waals surface area contributed by atoms with Crippen LogP contribution >= 0.6 is 7.82 Å². The molecule has 3 heterocycles. The highest BCUT2D eigenvalue weighted by Crippen LogP contribution is 2.61. The molecule has 30 heavy (non-hydrogen) atoms. The minimum absolute atomic E-state index is 0.0805. The summed E-state index contributed by atoms with van der Waals surface area (Å²) in [5, 5.41) is 0. The first-order chi connectivity index (χ1) is 13.9. The summed E-state index contributed by atoms with van der Waals surface area (Å²) in [6, 6.07) is 1.25. The van der Waals surface area contributed by atoms with Crippen molar-refractivity contribution >= 4 is 19.6 Å². The van der Waals surface area contributed by atoms with Gasteiger partial charge in [0.05, 0.1) is 12.0 Å². The summed E-state index contributed by atoms with van der Waals surface area (Å²) in [4.78, 5) is 27.6. The summed E-state index contributed by atoms with van der Waals surface area (Å²) in [7, 11) is -4.33. The molecular formula is C17H25FN3O8P. The molecule has 168 valence electrons. The topological polar surface area (TPSA) is 141 Å². The van der Waals surface area contributed by atoms with Crippen molar-refractivity contribution in [3.8, 4) is 0 Å². The molecule has 0 saturated carbocycles. The van der Waals surface area contributed by atoms with Gasteiger partial charge in [0.1, 0.15) is 18.0 Å². The Kier molecular flexibility index (Phi) is 5.85. The molecule has 1 unspecified atom stereocenters. The average Bonchev–Trinajstić information content (AvgIpc) is 2.94. The molecule has 3 rings (SSSR count). The molecular weight excluding hydrogens is 424 g/mol. The number of phosphoric ester groups is 1. The van der Waals surface area contributed by atoms with Crippen LogP contribution in [0, 0.1) is 5.41 Å². The SMILES string of the molecule is CC[C@@]12COP(=O)(OCOC(=O)C(C)(C)C)O[C@H]1[C@@](F)(n1ccc(N)nc1=O)CO2. The van der Waals surface area contributed by atoms with Crippen LogP contribution in [0.3, 0.4) is 0 Å². The van der Waals surface area contributed by atoms with Crippen molar-refractivity contribution in [1.29, 1.82) is 0 Å². The predicted octanol–water partition coefficient (Wildman–Crippen LogP) is 1.71. The minimum atomic E-state index is -4.33. The molecule has 2 saturated heterocycles. The Labute approximate surface area is 172 Å². The molecule has 1 aromatic heterocycles. The Morgan fingerprint density at radius 3 is 2.77 bits per heavy atom. The number of hydrogen-bond acceptors (Lipinski definition) is 10. The van der Waals surface area contributed by atoms with E-state index in [9.17, 15) is 14.2 Å². The van der Waals surface area contributed by atoms with Gasteiger partial charge in [-0.15, -0.1) is 0 Å². The first kappa shape index (κ1) is 22.8. The molecule has 0 aliphatic carbocycles. The van der Waals surface area contributed by atoms with Crippen LogP contribution in [-0.4, -0.2) is 47.2 Å². The first-order valence-electron chi connectivity index (χ1n) is 9.28. The average molecular weight is 449 g/mol. The van der Waals surface area contributed by atoms with Crippen LogP contribution in [0.2, 0.25) is 0 Å². The van der Waals surface area contributed by atoms with Crippen molar-refractivity contribution in [2.75, 3.05) is 25.7 Å². The second-order valence-corrected chi connectivity index (χ2v) is 9.79. The Balaban J connectivity index is 1.84. The lowest BCUT2D eigenvalue weighted by atomic mass is 9.91. The number of rotatable bonds is 5. The van der Waals surface area contributed by atoms with Gasteiger partial charge in [-0.1, -0.05) is 6.92 Å². The molecule has 0 radical (unpaired) electrons. The fourth-order valence-corrected chi connectivity index (χ4v) is 4.52. The lowest BCUT2D eigenvalue weighted by Crippen LogP contribution is -2.56. The number of esters is 1. The first-order valence-corrected chi connectivity index (χ1v) is 10.7. The van der Waals surface area contributed by atoms with E-state index in [0.717, 1.165) is 6.20 Å². The fraction of sp³-hybridized carbons (Fsp3) is 0.706. The van der Waals surface area contributed by atoms with Crippen molar-refractivity contribution in [3.63, 3.8) is 0 Å². The lowest BCUT2D eigenvalue weighted by molar-refractivity contribution is -0.167. The quantitative estimate of drug-likeness (QED) is 0.401. The third kappa shape index (κ3) is 4.02. The molecule has 0 aromatic carbocycles. The molecule has 0 bridgehead atoms. The van der Waals surface area contributed by atoms with Crippen LogP contribution in [0.25, 0.3) is 0 Å². The highest BCUT2D eigenvalue weighted by molar-refractivity contribution is 7.48. The Bertz CT molecular complexity index is 934. The predicted molar refractivity (Wildman–Crippen MR) is 101 cm³/mol. The third-order valence-corrected chi connectivity index (χ3v) is 6.32. The van der Waals surface area contributed by atoms with Gasteiger partial charge >= 0.3 is 19.5 Å². The van der Waals surface area contributed by atoms with E-state index in [2.05, 4.69) is 4.98 Å². The van der Waals surface area contributed by atoms with Crippen molar-refractivity contribution in [3.05, 3.63) is 22.7 Å². The van der Waals surface area contributed by atoms with E-state index in [0.29, 0.717) is 4.57 Å². The van der Waals surface area contributed by atoms with Crippen LogP contribution < -0.4 is 11.4 Å². The van der Waals surface area contributed by atoms with Crippen LogP contribution in [0.1, 0.15) is 34.1 Å². The highest BCUT2D eigenvalue weighted by atomic mass is 31.2. The van der Waals surface area contributed by atoms with Crippen molar-refractivity contribution in [2.24, 2.45) is 5.41 Å². The van der Waals surface area contributed by atoms with Gasteiger partial charge in [0.15, 0.2) is 6.10 Å². The fourth-order valence-electron chi connectivity index (χ4n) is 3.15. The van der Waals surface area contributed by atoms with Gasteiger partial charge in [-0.05, 0) is 33.3 Å². The van der Waals surface area contributed by atoms with Crippen LogP contribution in [-0.2, 0) is 38.2 Å². The van der Waals surface area contributed by atoms with E-state index in [1.807, 2.05) is 0 Å². The van der Waals surface area contributed by atoms with Gasteiger partial charge in [0.25, 0.3) is 0 Å². The molecule has 4 atom stereocenters. The molecule has 11 nitrogen and oxygen atoms in total. The summed E-state index contributed by atoms with van der Waals surface area (Å²) < 4.78 is 55.9. The van der Waals surface area contributed by atoms with Crippen molar-refractivity contribution in [1.82, 2.24) is 9.55 Å². The third-order valence-electron chi connectivity index (χ3n) is 4.98. The molecule has 2 N–H and O–H groups in total. The monoisotopic (exact) mass is 449 g/mol. The van der Waals surface area contributed by atoms with Crippen LogP contribution in [0.5, 0.6) is 0 Å². The van der Waals surface area contributed by atoms with E-state index in [1.54, 1.807) is 27.7 Å². The van der Waals surface area contributed by atoms with Gasteiger partial charge in [-0.3, -0.25) is 18.4 Å². The normalized spacial score (nSPS) is 33.8. The smallest absolute Gasteiger partial charge is 0.437 e. The maximum absolute atomic E-state index is 16.1. The van der Waals surface area contributed by atoms with E-state index >= 15 is 4.39 Å². The van der Waals surface area contributed by atoms with Crippen molar-refractivity contribution in [2.45, 2.75) is 51.6 Å². The Morgan fingerprint density at radius 1 is 1.47 bits per heavy atom. The largest absolute Gasteiger partial charge is 0.478 e. The number of nitrogens with zero attached hydrogens (tertiary/aromatic N) is 2. The summed E-state index contributed by atoms with van der Waals surface area (Å²) >= 11 is 0. The number of carbonyl (C=O) groups excluding carboxylic acids is 1. The lowest BCUT2D eigenvalue weighted by Gasteiger charge is -2.41. The number of ether oxygens (including phenoxy) is 2. The van der Waals surface area contributed by atoms with E-state index in [4.69, 9.17) is 28.8 Å². The van der Waals surface area contributed by atoms with Gasteiger partial charge in [-0.2, -0.15) is 4.98 Å². The minimum Gasteiger partial charge on any atom is -0.437 e. The summed E-state index contributed by atoms with van der Waals surface area (Å²) in [5.74, 6) is -3.22. The van der Waals surface area contributed by atoms with Crippen molar-refractivity contribution < 1.29 is 36.8 Å². The maximum Gasteiger partial charge on any atom is 0.478 e. The van der Waals surface area contributed by atoms with E-state index in [1.165, 1.54) is 6.07 Å². The van der Waals surface area contributed by atoms with Crippen LogP contribution in [0.4, 0.5) is 10.2 Å². The van der Waals surface area contributed by atoms with E-state index < -0.39 is 55.8 Å². The zero-order valence-corrected chi connectivity index (χ0v) is 18.0. The Hall–Kier alpha value is -1.85. The number of anilines is 1. The molecule has 2 fully saturated rings. The van der Waals surface area contributed by atoms with E-state index in [-0.39, 0.29) is 18.8 Å². The number of carbonyl (C=O) groups is 1. The number of nitrogen functional groups attached to an aromatic ring is 1. The van der Waals surface area contributed by atoms with Gasteiger partial charge < -0.3 is 15.2 Å². The van der Waals surface area contributed by atoms with Gasteiger partial charge in [-0.25, -0.2) is 18.3 Å². The number of aromatic nitrogens is 2. The highest BCUT2D eigenvalue weighted by Gasteiger charge is 2.66. The molecule has 0 spiro atoms. The summed E-state index contributed by atoms with van der Waals surface area (Å²) in [6.07, 6.45) is -0.161. The Morgan fingerprint density at radius 2 is 2.17 bits per heavy atom. The second-order valence-electron chi connectivity index (χ2n) is 8.17. The number of hydrogen-bond donors (Lipinski definition) is 1. The number of fused-ring (bicyclic) bond motifs is 1. The number of alkyl halides is 1. The molecule has 2 aliphatic heterocycles. The number of halogens is 1. The zero-order chi connectivity index (χ0) is 22.4. The van der Waals surface area contributed by atoms with Gasteiger partial charge in [0, 0.05) is 6.20 Å². The molecule has 2 aliphatic rings. The summed E-state index contributed by atoms with van der Waals surface area (Å²) in [6.45, 7) is 4.99. The molecule has 0 amide bonds. The zero-order valence-electron chi connectivity index (χ0n) is 17.1. The maximum atomic E-state index is 16.1.